The summed E-state index contributed by atoms with van der Waals surface area (Å²) in [7, 11) is 0. The quantitative estimate of drug-likeness (QED) is 0.782. The summed E-state index contributed by atoms with van der Waals surface area (Å²) in [5, 5.41) is 0. The monoisotopic (exact) mass is 274 g/mol. The van der Waals surface area contributed by atoms with E-state index in [2.05, 4.69) is 54.8 Å². The van der Waals surface area contributed by atoms with E-state index in [-0.39, 0.29) is 5.41 Å². The molecule has 20 heavy (non-hydrogen) atoms. The van der Waals surface area contributed by atoms with Gasteiger partial charge in [0.25, 0.3) is 0 Å². The Morgan fingerprint density at radius 1 is 1.05 bits per heavy atom. The minimum absolute atomic E-state index is 0.231. The van der Waals surface area contributed by atoms with Gasteiger partial charge in [-0.1, -0.05) is 32.9 Å². The van der Waals surface area contributed by atoms with Crippen LogP contribution in [0.2, 0.25) is 0 Å². The van der Waals surface area contributed by atoms with Gasteiger partial charge < -0.3 is 9.64 Å². The van der Waals surface area contributed by atoms with E-state index in [4.69, 9.17) is 4.74 Å². The molecule has 0 amide bonds. The van der Waals surface area contributed by atoms with Crippen molar-refractivity contribution in [3.05, 3.63) is 29.8 Å². The summed E-state index contributed by atoms with van der Waals surface area (Å²) in [4.78, 5) is 5.08. The van der Waals surface area contributed by atoms with Crippen molar-refractivity contribution >= 4 is 5.69 Å². The van der Waals surface area contributed by atoms with Crippen LogP contribution in [0.15, 0.2) is 24.3 Å². The number of anilines is 1. The molecule has 0 radical (unpaired) electrons. The lowest BCUT2D eigenvalue weighted by molar-refractivity contribution is -0.0116. The normalized spacial score (nSPS) is 24.6. The smallest absolute Gasteiger partial charge is 0.0639 e. The molecule has 1 atom stereocenters. The van der Waals surface area contributed by atoms with E-state index in [1.165, 1.54) is 11.3 Å². The Hall–Kier alpha value is -1.06. The summed E-state index contributed by atoms with van der Waals surface area (Å²) in [5.74, 6) is 0. The lowest BCUT2D eigenvalue weighted by atomic mass is 9.87. The maximum Gasteiger partial charge on any atom is 0.0639 e. The van der Waals surface area contributed by atoms with Gasteiger partial charge in [0.05, 0.1) is 19.3 Å². The van der Waals surface area contributed by atoms with Crippen LogP contribution in [0.1, 0.15) is 26.3 Å². The number of fused-ring (bicyclic) bond motifs is 1. The van der Waals surface area contributed by atoms with Gasteiger partial charge in [-0.25, -0.2) is 0 Å². The number of nitrogens with zero attached hydrogens (tertiary/aromatic N) is 2. The number of benzene rings is 1. The number of rotatable bonds is 1. The fourth-order valence-corrected chi connectivity index (χ4v) is 3.15. The molecule has 0 aromatic heterocycles. The van der Waals surface area contributed by atoms with Gasteiger partial charge in [0.1, 0.15) is 0 Å². The minimum atomic E-state index is 0.231. The zero-order valence-electron chi connectivity index (χ0n) is 12.9. The average molecular weight is 274 g/mol. The van der Waals surface area contributed by atoms with Gasteiger partial charge in [-0.3, -0.25) is 4.90 Å². The zero-order valence-corrected chi connectivity index (χ0v) is 12.9. The molecule has 0 N–H and O–H groups in total. The van der Waals surface area contributed by atoms with E-state index in [9.17, 15) is 0 Å². The van der Waals surface area contributed by atoms with Crippen molar-refractivity contribution in [2.24, 2.45) is 0 Å². The summed E-state index contributed by atoms with van der Waals surface area (Å²) >= 11 is 0. The van der Waals surface area contributed by atoms with Crippen molar-refractivity contribution in [3.63, 3.8) is 0 Å². The molecule has 3 heteroatoms. The predicted molar refractivity (Wildman–Crippen MR) is 83.5 cm³/mol. The van der Waals surface area contributed by atoms with E-state index >= 15 is 0 Å². The second kappa shape index (κ2) is 5.38. The molecule has 2 aliphatic heterocycles. The van der Waals surface area contributed by atoms with E-state index < -0.39 is 0 Å². The molecule has 2 fully saturated rings. The molecule has 2 aliphatic rings. The van der Waals surface area contributed by atoms with Gasteiger partial charge in [0, 0.05) is 31.9 Å². The van der Waals surface area contributed by atoms with Gasteiger partial charge in [-0.05, 0) is 23.1 Å². The first-order valence-electron chi connectivity index (χ1n) is 7.71. The Morgan fingerprint density at radius 3 is 2.50 bits per heavy atom. The van der Waals surface area contributed by atoms with E-state index in [1.807, 2.05) is 0 Å². The molecule has 2 saturated heterocycles. The molecular formula is C17H26N2O. The van der Waals surface area contributed by atoms with Crippen molar-refractivity contribution in [1.29, 1.82) is 0 Å². The Morgan fingerprint density at radius 2 is 1.80 bits per heavy atom. The first kappa shape index (κ1) is 13.9. The maximum absolute atomic E-state index is 5.62. The fraction of sp³-hybridized carbons (Fsp3) is 0.647. The lowest BCUT2D eigenvalue weighted by Gasteiger charge is -2.44. The largest absolute Gasteiger partial charge is 0.378 e. The van der Waals surface area contributed by atoms with Gasteiger partial charge in [-0.2, -0.15) is 0 Å². The van der Waals surface area contributed by atoms with Crippen LogP contribution in [-0.2, 0) is 10.2 Å². The van der Waals surface area contributed by atoms with Crippen LogP contribution < -0.4 is 4.90 Å². The second-order valence-corrected chi connectivity index (χ2v) is 7.01. The highest BCUT2D eigenvalue weighted by atomic mass is 16.5. The molecule has 3 rings (SSSR count). The van der Waals surface area contributed by atoms with Gasteiger partial charge in [0.2, 0.25) is 0 Å². The Labute approximate surface area is 122 Å². The molecule has 0 bridgehead atoms. The molecule has 1 aromatic rings. The molecule has 1 aromatic carbocycles. The number of ether oxygens (including phenoxy) is 1. The maximum atomic E-state index is 5.62. The molecule has 0 unspecified atom stereocenters. The first-order valence-corrected chi connectivity index (χ1v) is 7.71. The van der Waals surface area contributed by atoms with Crippen LogP contribution in [-0.4, -0.2) is 50.3 Å². The molecule has 3 nitrogen and oxygen atoms in total. The van der Waals surface area contributed by atoms with Crippen LogP contribution in [0.5, 0.6) is 0 Å². The average Bonchev–Trinajstić information content (AvgIpc) is 2.46. The van der Waals surface area contributed by atoms with Crippen LogP contribution in [0.25, 0.3) is 0 Å². The Bertz CT molecular complexity index is 449. The summed E-state index contributed by atoms with van der Waals surface area (Å²) in [6, 6.07) is 9.68. The number of morpholine rings is 1. The standard InChI is InChI=1S/C17H26N2O/c1-17(2,3)14-4-6-15(7-5-14)19-9-8-18-10-11-20-13-16(18)12-19/h4-7,16H,8-13H2,1-3H3/t16-/m1/s1. The van der Waals surface area contributed by atoms with Crippen molar-refractivity contribution < 1.29 is 4.74 Å². The van der Waals surface area contributed by atoms with Crippen LogP contribution in [0.4, 0.5) is 5.69 Å². The summed E-state index contributed by atoms with van der Waals surface area (Å²) < 4.78 is 5.62. The van der Waals surface area contributed by atoms with E-state index in [0.717, 1.165) is 39.4 Å². The first-order chi connectivity index (χ1) is 9.54. The third-order valence-corrected chi connectivity index (χ3v) is 4.54. The molecular weight excluding hydrogens is 248 g/mol. The van der Waals surface area contributed by atoms with Gasteiger partial charge >= 0.3 is 0 Å². The second-order valence-electron chi connectivity index (χ2n) is 7.01. The summed E-state index contributed by atoms with van der Waals surface area (Å²) in [6.07, 6.45) is 0. The third kappa shape index (κ3) is 2.84. The fourth-order valence-electron chi connectivity index (χ4n) is 3.15. The lowest BCUT2D eigenvalue weighted by Crippen LogP contribution is -2.58. The Balaban J connectivity index is 1.70. The van der Waals surface area contributed by atoms with Crippen molar-refractivity contribution in [1.82, 2.24) is 4.90 Å². The Kier molecular flexibility index (Phi) is 3.74. The topological polar surface area (TPSA) is 15.7 Å². The molecule has 0 spiro atoms. The minimum Gasteiger partial charge on any atom is -0.378 e. The van der Waals surface area contributed by atoms with E-state index in [1.54, 1.807) is 0 Å². The van der Waals surface area contributed by atoms with Gasteiger partial charge in [-0.15, -0.1) is 0 Å². The SMILES string of the molecule is CC(C)(C)c1ccc(N2CCN3CCOC[C@H]3C2)cc1. The van der Waals surface area contributed by atoms with Crippen LogP contribution in [0.3, 0.4) is 0 Å². The summed E-state index contributed by atoms with van der Waals surface area (Å²) in [6.45, 7) is 13.1. The zero-order chi connectivity index (χ0) is 14.2. The van der Waals surface area contributed by atoms with Crippen molar-refractivity contribution in [2.75, 3.05) is 44.3 Å². The molecule has 2 heterocycles. The van der Waals surface area contributed by atoms with E-state index in [0.29, 0.717) is 6.04 Å². The van der Waals surface area contributed by atoms with Crippen molar-refractivity contribution in [3.8, 4) is 0 Å². The number of hydrogen-bond donors (Lipinski definition) is 0. The molecule has 0 aliphatic carbocycles. The van der Waals surface area contributed by atoms with Crippen molar-refractivity contribution in [2.45, 2.75) is 32.2 Å². The van der Waals surface area contributed by atoms with Crippen LogP contribution in [0, 0.1) is 0 Å². The van der Waals surface area contributed by atoms with Crippen LogP contribution >= 0.6 is 0 Å². The summed E-state index contributed by atoms with van der Waals surface area (Å²) in [5.41, 5.74) is 2.98. The number of piperazine rings is 1. The highest BCUT2D eigenvalue weighted by molar-refractivity contribution is 5.49. The predicted octanol–water partition coefficient (Wildman–Crippen LogP) is 2.50. The highest BCUT2D eigenvalue weighted by Gasteiger charge is 2.29. The van der Waals surface area contributed by atoms with Gasteiger partial charge in [0.15, 0.2) is 0 Å². The third-order valence-electron chi connectivity index (χ3n) is 4.54. The molecule has 0 saturated carbocycles. The highest BCUT2D eigenvalue weighted by Crippen LogP contribution is 2.26. The number of hydrogen-bond acceptors (Lipinski definition) is 3. The molecule has 110 valence electrons.